The number of halogens is 2. The third kappa shape index (κ3) is 6.38. The summed E-state index contributed by atoms with van der Waals surface area (Å²) in [5.41, 5.74) is 5.55. The highest BCUT2D eigenvalue weighted by Gasteiger charge is 2.36. The van der Waals surface area contributed by atoms with Crippen LogP contribution in [0, 0.1) is 0 Å². The molecule has 0 radical (unpaired) electrons. The zero-order valence-electron chi connectivity index (χ0n) is 26.7. The molecule has 11 nitrogen and oxygen atoms in total. The lowest BCUT2D eigenvalue weighted by Gasteiger charge is -2.43. The molecule has 13 heteroatoms. The first kappa shape index (κ1) is 32.1. The minimum Gasteiger partial charge on any atom is -0.392 e. The van der Waals surface area contributed by atoms with E-state index in [1.165, 1.54) is 0 Å². The summed E-state index contributed by atoms with van der Waals surface area (Å²) in [6, 6.07) is 17.1. The summed E-state index contributed by atoms with van der Waals surface area (Å²) in [5.74, 6) is 0.225. The molecule has 8 rings (SSSR count). The van der Waals surface area contributed by atoms with E-state index >= 15 is 0 Å². The highest BCUT2D eigenvalue weighted by Crippen LogP contribution is 2.41. The lowest BCUT2D eigenvalue weighted by atomic mass is 9.98. The van der Waals surface area contributed by atoms with Gasteiger partial charge >= 0.3 is 0 Å². The Hall–Kier alpha value is -4.10. The second kappa shape index (κ2) is 13.3. The van der Waals surface area contributed by atoms with Crippen LogP contribution in [-0.4, -0.2) is 84.1 Å². The van der Waals surface area contributed by atoms with Crippen molar-refractivity contribution in [3.05, 3.63) is 94.0 Å². The number of likely N-dealkylation sites (tertiary alicyclic amines) is 2. The van der Waals surface area contributed by atoms with Crippen molar-refractivity contribution in [1.29, 1.82) is 0 Å². The molecule has 3 aliphatic rings. The van der Waals surface area contributed by atoms with E-state index in [4.69, 9.17) is 28.2 Å². The van der Waals surface area contributed by atoms with E-state index in [1.54, 1.807) is 12.3 Å². The second-order valence-electron chi connectivity index (χ2n) is 13.1. The van der Waals surface area contributed by atoms with Gasteiger partial charge in [0.25, 0.3) is 5.91 Å². The van der Waals surface area contributed by atoms with Crippen molar-refractivity contribution in [3.8, 4) is 11.1 Å². The first-order valence-electron chi connectivity index (χ1n) is 16.6. The summed E-state index contributed by atoms with van der Waals surface area (Å²) in [7, 11) is 0. The summed E-state index contributed by atoms with van der Waals surface area (Å²) in [6.07, 6.45) is 5.77. The SMILES string of the molecule is O=C(Nc1cccc(-c2cccc(Nc3nccc4cc(CN5CC[C@@H](O)C5)cnc34)c2Cl)c1Cl)c1cc2n(n1)CCCC2N1CC(O)C1. The molecule has 1 unspecified atom stereocenters. The summed E-state index contributed by atoms with van der Waals surface area (Å²) in [6.45, 7) is 4.31. The molecule has 252 valence electrons. The van der Waals surface area contributed by atoms with Gasteiger partial charge in [0.2, 0.25) is 0 Å². The molecular formula is C36H36Cl2N8O3. The molecule has 49 heavy (non-hydrogen) atoms. The normalized spacial score (nSPS) is 19.9. The number of hydrogen-bond donors (Lipinski definition) is 4. The fraction of sp³-hybridized carbons (Fsp3) is 0.333. The van der Waals surface area contributed by atoms with Crippen molar-refractivity contribution in [1.82, 2.24) is 29.5 Å². The van der Waals surface area contributed by atoms with Crippen molar-refractivity contribution < 1.29 is 15.0 Å². The van der Waals surface area contributed by atoms with Gasteiger partial charge in [-0.1, -0.05) is 47.5 Å². The number of hydrogen-bond acceptors (Lipinski definition) is 9. The van der Waals surface area contributed by atoms with Gasteiger partial charge in [-0.2, -0.15) is 5.10 Å². The molecule has 2 aromatic carbocycles. The highest BCUT2D eigenvalue weighted by atomic mass is 35.5. The number of anilines is 3. The maximum Gasteiger partial charge on any atom is 0.276 e. The quantitative estimate of drug-likeness (QED) is 0.157. The number of pyridine rings is 2. The van der Waals surface area contributed by atoms with Crippen LogP contribution in [0.4, 0.5) is 17.2 Å². The summed E-state index contributed by atoms with van der Waals surface area (Å²) in [4.78, 5) is 27.2. The van der Waals surface area contributed by atoms with Gasteiger partial charge in [-0.15, -0.1) is 0 Å². The first-order valence-corrected chi connectivity index (χ1v) is 17.4. The Bertz CT molecular complexity index is 2050. The molecule has 3 aliphatic heterocycles. The van der Waals surface area contributed by atoms with Gasteiger partial charge in [-0.3, -0.25) is 24.3 Å². The number of aliphatic hydroxyl groups excluding tert-OH is 2. The summed E-state index contributed by atoms with van der Waals surface area (Å²) >= 11 is 13.9. The number of nitrogens with one attached hydrogen (secondary N) is 2. The predicted molar refractivity (Wildman–Crippen MR) is 190 cm³/mol. The number of rotatable bonds is 8. The average Bonchev–Trinajstić information content (AvgIpc) is 3.71. The van der Waals surface area contributed by atoms with E-state index in [0.717, 1.165) is 55.5 Å². The number of benzene rings is 2. The van der Waals surface area contributed by atoms with Crippen LogP contribution in [0.1, 0.15) is 47.1 Å². The molecule has 2 atom stereocenters. The number of carbonyl (C=O) groups is 1. The molecule has 0 aliphatic carbocycles. The van der Waals surface area contributed by atoms with E-state index in [2.05, 4.69) is 36.6 Å². The number of carbonyl (C=O) groups excluding carboxylic acids is 1. The average molecular weight is 700 g/mol. The van der Waals surface area contributed by atoms with Crippen molar-refractivity contribution in [2.24, 2.45) is 0 Å². The minimum atomic E-state index is -0.347. The maximum absolute atomic E-state index is 13.4. The van der Waals surface area contributed by atoms with Crippen LogP contribution in [0.2, 0.25) is 10.0 Å². The van der Waals surface area contributed by atoms with Gasteiger partial charge in [0.1, 0.15) is 5.52 Å². The first-order chi connectivity index (χ1) is 23.8. The van der Waals surface area contributed by atoms with Crippen LogP contribution >= 0.6 is 23.2 Å². The number of amides is 1. The molecule has 6 heterocycles. The zero-order valence-corrected chi connectivity index (χ0v) is 28.2. The maximum atomic E-state index is 13.4. The van der Waals surface area contributed by atoms with Gasteiger partial charge in [0.05, 0.1) is 45.4 Å². The minimum absolute atomic E-state index is 0.147. The molecule has 0 bridgehead atoms. The van der Waals surface area contributed by atoms with E-state index in [-0.39, 0.29) is 24.2 Å². The Balaban J connectivity index is 1.01. The van der Waals surface area contributed by atoms with Crippen LogP contribution < -0.4 is 10.6 Å². The van der Waals surface area contributed by atoms with E-state index in [0.29, 0.717) is 69.2 Å². The number of aromatic nitrogens is 4. The number of aliphatic hydroxyl groups is 2. The largest absolute Gasteiger partial charge is 0.392 e. The Morgan fingerprint density at radius 2 is 1.67 bits per heavy atom. The fourth-order valence-corrected chi connectivity index (χ4v) is 7.72. The standard InChI is InChI=1S/C36H36Cl2N8O3/c37-32-25(4-1-6-27(32)41-35-34-22(9-11-39-35)14-21(16-40-34)17-44-13-10-23(47)18-44)26-5-2-7-28(33(26)38)42-36(49)29-15-31-30(45-19-24(48)20-45)8-3-12-46(31)43-29/h1-2,4-7,9,11,14-16,23-24,30,47-48H,3,8,10,12-13,17-20H2,(H,39,41)(H,42,49)/t23-,30?/m1/s1. The van der Waals surface area contributed by atoms with Crippen LogP contribution in [0.5, 0.6) is 0 Å². The third-order valence-electron chi connectivity index (χ3n) is 9.66. The second-order valence-corrected chi connectivity index (χ2v) is 13.9. The fourth-order valence-electron chi connectivity index (χ4n) is 7.17. The third-order valence-corrected chi connectivity index (χ3v) is 10.5. The van der Waals surface area contributed by atoms with Crippen molar-refractivity contribution in [2.45, 2.75) is 50.6 Å². The van der Waals surface area contributed by atoms with Crippen LogP contribution in [-0.2, 0) is 13.1 Å². The predicted octanol–water partition coefficient (Wildman–Crippen LogP) is 5.87. The molecule has 5 aromatic rings. The Kier molecular flexibility index (Phi) is 8.73. The molecule has 0 spiro atoms. The van der Waals surface area contributed by atoms with Gasteiger partial charge in [0, 0.05) is 68.2 Å². The summed E-state index contributed by atoms with van der Waals surface area (Å²) < 4.78 is 1.91. The lowest BCUT2D eigenvalue weighted by molar-refractivity contribution is -0.0332. The number of aryl methyl sites for hydroxylation is 1. The Morgan fingerprint density at radius 1 is 0.898 bits per heavy atom. The molecule has 4 N–H and O–H groups in total. The monoisotopic (exact) mass is 698 g/mol. The van der Waals surface area contributed by atoms with E-state index < -0.39 is 0 Å². The van der Waals surface area contributed by atoms with Crippen LogP contribution in [0.15, 0.2) is 67.0 Å². The zero-order chi connectivity index (χ0) is 33.6. The van der Waals surface area contributed by atoms with Crippen LogP contribution in [0.3, 0.4) is 0 Å². The van der Waals surface area contributed by atoms with Crippen molar-refractivity contribution >= 4 is 57.2 Å². The smallest absolute Gasteiger partial charge is 0.276 e. The lowest BCUT2D eigenvalue weighted by Crippen LogP contribution is -2.52. The Labute approximate surface area is 293 Å². The van der Waals surface area contributed by atoms with Gasteiger partial charge in [-0.25, -0.2) is 4.98 Å². The molecule has 2 fully saturated rings. The van der Waals surface area contributed by atoms with Gasteiger partial charge < -0.3 is 20.8 Å². The topological polar surface area (TPSA) is 132 Å². The van der Waals surface area contributed by atoms with E-state index in [1.807, 2.05) is 53.3 Å². The van der Waals surface area contributed by atoms with Gasteiger partial charge in [0.15, 0.2) is 11.5 Å². The molecule has 1 amide bonds. The van der Waals surface area contributed by atoms with E-state index in [9.17, 15) is 15.0 Å². The van der Waals surface area contributed by atoms with Crippen molar-refractivity contribution in [3.63, 3.8) is 0 Å². The molecule has 0 saturated carbocycles. The van der Waals surface area contributed by atoms with Crippen molar-refractivity contribution in [2.75, 3.05) is 36.8 Å². The number of β-amino-alcohol motifs (C(OH)–C–C–N with tert-alkyl or cyclic N) is 2. The number of fused-ring (bicyclic) bond motifs is 2. The summed E-state index contributed by atoms with van der Waals surface area (Å²) in [5, 5.41) is 32.4. The Morgan fingerprint density at radius 3 is 2.43 bits per heavy atom. The molecule has 2 saturated heterocycles. The highest BCUT2D eigenvalue weighted by molar-refractivity contribution is 6.39. The van der Waals surface area contributed by atoms with Gasteiger partial charge in [-0.05, 0) is 55.2 Å². The molecular weight excluding hydrogens is 663 g/mol. The number of nitrogens with zero attached hydrogens (tertiary/aromatic N) is 6. The molecule has 3 aromatic heterocycles. The van der Waals surface area contributed by atoms with Crippen LogP contribution in [0.25, 0.3) is 22.0 Å².